The second kappa shape index (κ2) is 7.32. The first-order chi connectivity index (χ1) is 15.9. The van der Waals surface area contributed by atoms with Gasteiger partial charge in [-0.15, -0.1) is 0 Å². The molecule has 0 spiro atoms. The Balaban J connectivity index is 1.45. The third-order valence-corrected chi connectivity index (χ3v) is 4.83. The van der Waals surface area contributed by atoms with Gasteiger partial charge in [-0.2, -0.15) is 10.2 Å². The number of anilines is 2. The van der Waals surface area contributed by atoms with Gasteiger partial charge in [-0.1, -0.05) is 0 Å². The van der Waals surface area contributed by atoms with Crippen molar-refractivity contribution in [2.45, 2.75) is 0 Å². The molecule has 0 radical (unpaired) electrons. The van der Waals surface area contributed by atoms with E-state index in [1.807, 2.05) is 30.7 Å². The van der Waals surface area contributed by atoms with E-state index < -0.39 is 0 Å². The number of nitrogens with zero attached hydrogens (tertiary/aromatic N) is 9. The van der Waals surface area contributed by atoms with Gasteiger partial charge in [0, 0.05) is 35.6 Å². The molecule has 0 bridgehead atoms. The SMILES string of the molecule is c1nc(Nc2[nH]ccc2-n2cncn2)c2c[nH]cc2/c(=N/c2[nH]ccc2-n2cncn2)n1. The summed E-state index contributed by atoms with van der Waals surface area (Å²) in [6.45, 7) is 0. The first kappa shape index (κ1) is 17.8. The average Bonchev–Trinajstić information content (AvgIpc) is 3.61. The van der Waals surface area contributed by atoms with Crippen molar-refractivity contribution in [3.05, 3.63) is 74.0 Å². The number of hydrogen-bond donors (Lipinski definition) is 4. The van der Waals surface area contributed by atoms with Gasteiger partial charge in [0.15, 0.2) is 11.3 Å². The third kappa shape index (κ3) is 3.00. The van der Waals surface area contributed by atoms with Gasteiger partial charge in [0.1, 0.15) is 54.6 Å². The second-order valence-corrected chi connectivity index (χ2v) is 6.69. The van der Waals surface area contributed by atoms with Crippen LogP contribution in [0.4, 0.5) is 17.5 Å². The minimum Gasteiger partial charge on any atom is -0.366 e. The molecule has 0 aliphatic rings. The van der Waals surface area contributed by atoms with Crippen molar-refractivity contribution >= 4 is 28.2 Å². The molecule has 0 fully saturated rings. The van der Waals surface area contributed by atoms with Crippen molar-refractivity contribution < 1.29 is 0 Å². The van der Waals surface area contributed by atoms with Crippen molar-refractivity contribution in [2.75, 3.05) is 5.32 Å². The molecule has 0 aromatic carbocycles. The molecule has 0 unspecified atom stereocenters. The molecular formula is C19H15N13. The van der Waals surface area contributed by atoms with E-state index in [1.165, 1.54) is 19.0 Å². The van der Waals surface area contributed by atoms with Crippen LogP contribution in [0.25, 0.3) is 22.1 Å². The van der Waals surface area contributed by atoms with E-state index in [0.717, 1.165) is 22.1 Å². The zero-order chi connectivity index (χ0) is 21.3. The average molecular weight is 425 g/mol. The molecule has 6 heterocycles. The Morgan fingerprint density at radius 2 is 1.56 bits per heavy atom. The lowest BCUT2D eigenvalue weighted by Crippen LogP contribution is -2.04. The van der Waals surface area contributed by atoms with Gasteiger partial charge in [0.25, 0.3) is 0 Å². The molecule has 0 saturated heterocycles. The number of aromatic amines is 3. The summed E-state index contributed by atoms with van der Waals surface area (Å²) in [5.74, 6) is 1.92. The van der Waals surface area contributed by atoms with Crippen LogP contribution in [0.15, 0.2) is 73.5 Å². The lowest BCUT2D eigenvalue weighted by Gasteiger charge is -2.06. The van der Waals surface area contributed by atoms with Crippen LogP contribution in [0.5, 0.6) is 0 Å². The lowest BCUT2D eigenvalue weighted by molar-refractivity contribution is 0.878. The number of nitrogens with one attached hydrogen (secondary N) is 4. The highest BCUT2D eigenvalue weighted by Crippen LogP contribution is 2.25. The van der Waals surface area contributed by atoms with E-state index in [0.29, 0.717) is 22.9 Å². The fraction of sp³-hybridized carbons (Fsp3) is 0. The summed E-state index contributed by atoms with van der Waals surface area (Å²) in [7, 11) is 0. The fourth-order valence-corrected chi connectivity index (χ4v) is 3.38. The van der Waals surface area contributed by atoms with E-state index in [2.05, 4.69) is 50.4 Å². The van der Waals surface area contributed by atoms with Gasteiger partial charge in [-0.05, 0) is 12.1 Å². The quantitative estimate of drug-likeness (QED) is 0.327. The summed E-state index contributed by atoms with van der Waals surface area (Å²) in [5, 5.41) is 13.3. The maximum Gasteiger partial charge on any atom is 0.165 e. The summed E-state index contributed by atoms with van der Waals surface area (Å²) < 4.78 is 3.29. The maximum atomic E-state index is 4.72. The van der Waals surface area contributed by atoms with Crippen molar-refractivity contribution in [3.8, 4) is 11.4 Å². The van der Waals surface area contributed by atoms with Crippen LogP contribution < -0.4 is 10.8 Å². The molecule has 13 nitrogen and oxygen atoms in total. The normalized spacial score (nSPS) is 11.9. The molecule has 0 atom stereocenters. The second-order valence-electron chi connectivity index (χ2n) is 6.69. The Labute approximate surface area is 179 Å². The van der Waals surface area contributed by atoms with Gasteiger partial charge < -0.3 is 20.3 Å². The van der Waals surface area contributed by atoms with Gasteiger partial charge in [0.2, 0.25) is 0 Å². The minimum atomic E-state index is 0.494. The molecule has 4 N–H and O–H groups in total. The largest absolute Gasteiger partial charge is 0.366 e. The van der Waals surface area contributed by atoms with Crippen molar-refractivity contribution in [2.24, 2.45) is 4.99 Å². The number of fused-ring (bicyclic) bond motifs is 1. The van der Waals surface area contributed by atoms with Crippen LogP contribution in [0.3, 0.4) is 0 Å². The lowest BCUT2D eigenvalue weighted by atomic mass is 10.3. The van der Waals surface area contributed by atoms with Crippen LogP contribution in [0.1, 0.15) is 0 Å². The number of aromatic nitrogens is 11. The van der Waals surface area contributed by atoms with Crippen LogP contribution in [-0.4, -0.2) is 54.4 Å². The highest BCUT2D eigenvalue weighted by Gasteiger charge is 2.12. The van der Waals surface area contributed by atoms with E-state index in [4.69, 9.17) is 4.99 Å². The van der Waals surface area contributed by atoms with Gasteiger partial charge in [-0.3, -0.25) is 0 Å². The van der Waals surface area contributed by atoms with Crippen LogP contribution in [-0.2, 0) is 0 Å². The summed E-state index contributed by atoms with van der Waals surface area (Å²) >= 11 is 0. The molecule has 6 aromatic heterocycles. The standard InChI is InChI=1S/C19H15N13/c1-3-23-18(14(1)31-10-21-7-27-31)29-16-12-5-20-6-13(12)17(26-9-25-16)30-19-15(2-4-24-19)32-11-22-8-28-32/h1-11,20,23-24H,(H,25,26,29,30). The minimum absolute atomic E-state index is 0.494. The molecule has 13 heteroatoms. The number of hydrogen-bond acceptors (Lipinski definition) is 8. The topological polar surface area (TPSA) is 159 Å². The van der Waals surface area contributed by atoms with Gasteiger partial charge in [-0.25, -0.2) is 34.3 Å². The Hall–Kier alpha value is -5.07. The summed E-state index contributed by atoms with van der Waals surface area (Å²) in [6.07, 6.45) is 14.9. The molecular weight excluding hydrogens is 410 g/mol. The Morgan fingerprint density at radius 1 is 0.812 bits per heavy atom. The molecule has 156 valence electrons. The van der Waals surface area contributed by atoms with E-state index in [9.17, 15) is 0 Å². The first-order valence-corrected chi connectivity index (χ1v) is 9.55. The predicted octanol–water partition coefficient (Wildman–Crippen LogP) is 1.75. The van der Waals surface area contributed by atoms with Crippen LogP contribution >= 0.6 is 0 Å². The summed E-state index contributed by atoms with van der Waals surface area (Å²) in [5.41, 5.74) is 2.06. The smallest absolute Gasteiger partial charge is 0.165 e. The van der Waals surface area contributed by atoms with Crippen molar-refractivity contribution in [1.29, 1.82) is 0 Å². The molecule has 0 aliphatic heterocycles. The molecule has 6 rings (SSSR count). The molecule has 0 aliphatic carbocycles. The third-order valence-electron chi connectivity index (χ3n) is 4.83. The van der Waals surface area contributed by atoms with Crippen LogP contribution in [0.2, 0.25) is 0 Å². The Morgan fingerprint density at radius 3 is 2.38 bits per heavy atom. The predicted molar refractivity (Wildman–Crippen MR) is 114 cm³/mol. The Kier molecular flexibility index (Phi) is 4.06. The molecule has 0 amide bonds. The summed E-state index contributed by atoms with van der Waals surface area (Å²) in [4.78, 5) is 31.1. The number of H-pyrrole nitrogens is 3. The highest BCUT2D eigenvalue weighted by molar-refractivity contribution is 5.92. The molecule has 0 saturated carbocycles. The van der Waals surface area contributed by atoms with E-state index in [1.54, 1.807) is 28.2 Å². The monoisotopic (exact) mass is 425 g/mol. The Bertz CT molecular complexity index is 1550. The van der Waals surface area contributed by atoms with Gasteiger partial charge >= 0.3 is 0 Å². The van der Waals surface area contributed by atoms with Gasteiger partial charge in [0.05, 0.1) is 0 Å². The molecule has 6 aromatic rings. The zero-order valence-corrected chi connectivity index (χ0v) is 16.4. The fourth-order valence-electron chi connectivity index (χ4n) is 3.38. The first-order valence-electron chi connectivity index (χ1n) is 9.55. The number of rotatable bonds is 5. The maximum absolute atomic E-state index is 4.72. The van der Waals surface area contributed by atoms with Crippen molar-refractivity contribution in [1.82, 2.24) is 54.4 Å². The summed E-state index contributed by atoms with van der Waals surface area (Å²) in [6, 6.07) is 3.76. The molecule has 32 heavy (non-hydrogen) atoms. The van der Waals surface area contributed by atoms with E-state index >= 15 is 0 Å². The van der Waals surface area contributed by atoms with Crippen LogP contribution in [0, 0.1) is 0 Å². The van der Waals surface area contributed by atoms with E-state index in [-0.39, 0.29) is 0 Å². The van der Waals surface area contributed by atoms with Crippen molar-refractivity contribution in [3.63, 3.8) is 0 Å². The zero-order valence-electron chi connectivity index (χ0n) is 16.4. The highest BCUT2D eigenvalue weighted by atomic mass is 15.3.